The number of amides is 1. The molecule has 0 unspecified atom stereocenters. The summed E-state index contributed by atoms with van der Waals surface area (Å²) < 4.78 is 0. The third-order valence-electron chi connectivity index (χ3n) is 3.55. The highest BCUT2D eigenvalue weighted by Gasteiger charge is 2.21. The van der Waals surface area contributed by atoms with E-state index in [0.717, 1.165) is 23.5 Å². The van der Waals surface area contributed by atoms with Gasteiger partial charge in [0.25, 0.3) is 5.91 Å². The van der Waals surface area contributed by atoms with E-state index in [9.17, 15) is 4.79 Å². The molecule has 1 atom stereocenters. The van der Waals surface area contributed by atoms with Crippen LogP contribution in [0.3, 0.4) is 0 Å². The summed E-state index contributed by atoms with van der Waals surface area (Å²) in [5, 5.41) is 10.2. The van der Waals surface area contributed by atoms with Crippen LogP contribution in [0.15, 0.2) is 24.4 Å². The van der Waals surface area contributed by atoms with Gasteiger partial charge in [-0.15, -0.1) is 11.3 Å². The lowest BCUT2D eigenvalue weighted by molar-refractivity contribution is 0.0788. The second-order valence-electron chi connectivity index (χ2n) is 5.09. The van der Waals surface area contributed by atoms with Crippen LogP contribution in [-0.4, -0.2) is 34.6 Å². The van der Waals surface area contributed by atoms with Crippen molar-refractivity contribution in [3.8, 4) is 0 Å². The third kappa shape index (κ3) is 2.76. The minimum atomic E-state index is 0.0637. The van der Waals surface area contributed by atoms with Gasteiger partial charge in [-0.3, -0.25) is 9.89 Å². The zero-order valence-electron chi connectivity index (χ0n) is 11.4. The van der Waals surface area contributed by atoms with Gasteiger partial charge in [-0.05, 0) is 37.6 Å². The van der Waals surface area contributed by atoms with Crippen LogP contribution in [0, 0.1) is 0 Å². The summed E-state index contributed by atoms with van der Waals surface area (Å²) in [4.78, 5) is 16.2. The zero-order chi connectivity index (χ0) is 13.9. The minimum Gasteiger partial charge on any atom is -0.335 e. The molecule has 0 saturated carbocycles. The van der Waals surface area contributed by atoms with E-state index in [1.807, 2.05) is 19.2 Å². The molecule has 2 N–H and O–H groups in total. The lowest BCUT2D eigenvalue weighted by Gasteiger charge is -2.15. The first-order valence-corrected chi connectivity index (χ1v) is 7.62. The van der Waals surface area contributed by atoms with Gasteiger partial charge in [0.05, 0.1) is 17.1 Å². The summed E-state index contributed by atoms with van der Waals surface area (Å²) in [6.07, 6.45) is 4.08. The lowest BCUT2D eigenvalue weighted by Crippen LogP contribution is -2.25. The van der Waals surface area contributed by atoms with Gasteiger partial charge in [0, 0.05) is 24.2 Å². The molecule has 1 aliphatic heterocycles. The van der Waals surface area contributed by atoms with E-state index in [1.54, 1.807) is 22.4 Å². The number of aromatic amines is 1. The maximum absolute atomic E-state index is 12.4. The van der Waals surface area contributed by atoms with Crippen LogP contribution >= 0.6 is 11.3 Å². The van der Waals surface area contributed by atoms with Gasteiger partial charge in [-0.25, -0.2) is 0 Å². The van der Waals surface area contributed by atoms with Crippen molar-refractivity contribution in [2.75, 3.05) is 13.6 Å². The Morgan fingerprint density at radius 3 is 3.10 bits per heavy atom. The molecular formula is C14H18N4OS. The maximum atomic E-state index is 12.4. The van der Waals surface area contributed by atoms with E-state index in [0.29, 0.717) is 12.6 Å². The molecular weight excluding hydrogens is 272 g/mol. The van der Waals surface area contributed by atoms with E-state index >= 15 is 0 Å². The molecule has 0 radical (unpaired) electrons. The Kier molecular flexibility index (Phi) is 3.84. The van der Waals surface area contributed by atoms with E-state index in [1.165, 1.54) is 11.3 Å². The molecule has 2 aromatic rings. The van der Waals surface area contributed by atoms with Gasteiger partial charge >= 0.3 is 0 Å². The number of thiophene rings is 1. The fourth-order valence-electron chi connectivity index (χ4n) is 2.47. The van der Waals surface area contributed by atoms with E-state index in [-0.39, 0.29) is 5.91 Å². The highest BCUT2D eigenvalue weighted by molar-refractivity contribution is 7.14. The number of hydrogen-bond acceptors (Lipinski definition) is 4. The summed E-state index contributed by atoms with van der Waals surface area (Å²) in [7, 11) is 1.82. The third-order valence-corrected chi connectivity index (χ3v) is 4.74. The summed E-state index contributed by atoms with van der Waals surface area (Å²) >= 11 is 1.60. The Morgan fingerprint density at radius 1 is 1.50 bits per heavy atom. The summed E-state index contributed by atoms with van der Waals surface area (Å²) in [5.41, 5.74) is 0.940. The summed E-state index contributed by atoms with van der Waals surface area (Å²) in [5.74, 6) is 0.0637. The summed E-state index contributed by atoms with van der Waals surface area (Å²) in [6, 6.07) is 6.32. The number of nitrogens with zero attached hydrogens (tertiary/aromatic N) is 2. The quantitative estimate of drug-likeness (QED) is 0.907. The average Bonchev–Trinajstić information content (AvgIpc) is 3.18. The normalized spacial score (nSPS) is 18.4. The van der Waals surface area contributed by atoms with Crippen molar-refractivity contribution < 1.29 is 4.79 Å². The van der Waals surface area contributed by atoms with Crippen molar-refractivity contribution in [2.45, 2.75) is 25.4 Å². The van der Waals surface area contributed by atoms with Gasteiger partial charge in [0.2, 0.25) is 0 Å². The standard InChI is InChI=1S/C14H18N4OS/c1-18(9-10-6-8-16-17-10)14(19)13-5-4-12(20-13)11-3-2-7-15-11/h4-6,8,11,15H,2-3,7,9H2,1H3,(H,16,17)/t11-/m0/s1. The minimum absolute atomic E-state index is 0.0637. The maximum Gasteiger partial charge on any atom is 0.264 e. The first kappa shape index (κ1) is 13.3. The lowest BCUT2D eigenvalue weighted by atomic mass is 10.2. The Balaban J connectivity index is 1.67. The predicted octanol–water partition coefficient (Wildman–Crippen LogP) is 2.17. The number of aromatic nitrogens is 2. The monoisotopic (exact) mass is 290 g/mol. The molecule has 1 aliphatic rings. The van der Waals surface area contributed by atoms with Crippen LogP contribution in [0.5, 0.6) is 0 Å². The zero-order valence-corrected chi connectivity index (χ0v) is 12.2. The number of carbonyl (C=O) groups is 1. The highest BCUT2D eigenvalue weighted by atomic mass is 32.1. The average molecular weight is 290 g/mol. The number of rotatable bonds is 4. The SMILES string of the molecule is CN(Cc1ccn[nH]1)C(=O)c1ccc([C@@H]2CCCN2)s1. The van der Waals surface area contributed by atoms with Crippen molar-refractivity contribution in [1.29, 1.82) is 0 Å². The molecule has 3 rings (SSSR count). The van der Waals surface area contributed by atoms with Crippen LogP contribution < -0.4 is 5.32 Å². The Labute approximate surface area is 122 Å². The first-order valence-electron chi connectivity index (χ1n) is 6.81. The van der Waals surface area contributed by atoms with E-state index in [2.05, 4.69) is 21.6 Å². The Bertz CT molecular complexity index is 572. The highest BCUT2D eigenvalue weighted by Crippen LogP contribution is 2.29. The second-order valence-corrected chi connectivity index (χ2v) is 6.21. The Morgan fingerprint density at radius 2 is 2.40 bits per heavy atom. The number of nitrogens with one attached hydrogen (secondary N) is 2. The smallest absolute Gasteiger partial charge is 0.264 e. The van der Waals surface area contributed by atoms with Gasteiger partial charge in [0.1, 0.15) is 0 Å². The van der Waals surface area contributed by atoms with Crippen LogP contribution in [0.2, 0.25) is 0 Å². The summed E-state index contributed by atoms with van der Waals surface area (Å²) in [6.45, 7) is 1.62. The van der Waals surface area contributed by atoms with Crippen LogP contribution in [0.25, 0.3) is 0 Å². The Hall–Kier alpha value is -1.66. The van der Waals surface area contributed by atoms with Crippen molar-refractivity contribution in [2.24, 2.45) is 0 Å². The molecule has 0 bridgehead atoms. The van der Waals surface area contributed by atoms with Gasteiger partial charge < -0.3 is 10.2 Å². The van der Waals surface area contributed by atoms with Crippen molar-refractivity contribution >= 4 is 17.2 Å². The predicted molar refractivity (Wildman–Crippen MR) is 78.7 cm³/mol. The molecule has 106 valence electrons. The number of carbonyl (C=O) groups excluding carboxylic acids is 1. The molecule has 1 saturated heterocycles. The van der Waals surface area contributed by atoms with Gasteiger partial charge in [-0.2, -0.15) is 5.10 Å². The molecule has 20 heavy (non-hydrogen) atoms. The fraction of sp³-hybridized carbons (Fsp3) is 0.429. The molecule has 1 fully saturated rings. The molecule has 0 spiro atoms. The molecule has 3 heterocycles. The molecule has 0 aliphatic carbocycles. The molecule has 2 aromatic heterocycles. The van der Waals surface area contributed by atoms with Crippen LogP contribution in [-0.2, 0) is 6.54 Å². The molecule has 5 nitrogen and oxygen atoms in total. The van der Waals surface area contributed by atoms with Crippen LogP contribution in [0.4, 0.5) is 0 Å². The molecule has 6 heteroatoms. The number of H-pyrrole nitrogens is 1. The first-order chi connectivity index (χ1) is 9.74. The van der Waals surface area contributed by atoms with Gasteiger partial charge in [0.15, 0.2) is 0 Å². The van der Waals surface area contributed by atoms with Gasteiger partial charge in [-0.1, -0.05) is 0 Å². The van der Waals surface area contributed by atoms with Crippen molar-refractivity contribution in [3.63, 3.8) is 0 Å². The largest absolute Gasteiger partial charge is 0.335 e. The van der Waals surface area contributed by atoms with Crippen molar-refractivity contribution in [1.82, 2.24) is 20.4 Å². The van der Waals surface area contributed by atoms with E-state index in [4.69, 9.17) is 0 Å². The fourth-order valence-corrected chi connectivity index (χ4v) is 3.58. The molecule has 0 aromatic carbocycles. The number of hydrogen-bond donors (Lipinski definition) is 2. The van der Waals surface area contributed by atoms with Crippen LogP contribution in [0.1, 0.15) is 39.1 Å². The topological polar surface area (TPSA) is 61.0 Å². The van der Waals surface area contributed by atoms with Crippen molar-refractivity contribution in [3.05, 3.63) is 39.8 Å². The second kappa shape index (κ2) is 5.76. The van der Waals surface area contributed by atoms with E-state index < -0.39 is 0 Å². The molecule has 1 amide bonds.